The first kappa shape index (κ1) is 11.9. The molecule has 0 spiro atoms. The zero-order chi connectivity index (χ0) is 12.3. The predicted octanol–water partition coefficient (Wildman–Crippen LogP) is 0.881. The number of aryl methyl sites for hydroxylation is 1. The van der Waals surface area contributed by atoms with E-state index < -0.39 is 0 Å². The summed E-state index contributed by atoms with van der Waals surface area (Å²) in [6.07, 6.45) is 3.28. The molecular formula is C12H17N3O2. The predicted molar refractivity (Wildman–Crippen MR) is 64.7 cm³/mol. The van der Waals surface area contributed by atoms with Crippen LogP contribution in [0.25, 0.3) is 0 Å². The SMILES string of the molecule is Cc1ncc(N)cc1C(=O)NC1CCOCC1. The Hall–Kier alpha value is -1.62. The Morgan fingerprint density at radius 1 is 1.53 bits per heavy atom. The van der Waals surface area contributed by atoms with Crippen LogP contribution in [0, 0.1) is 6.92 Å². The van der Waals surface area contributed by atoms with E-state index in [0.717, 1.165) is 12.8 Å². The number of nitrogen functional groups attached to an aromatic ring is 1. The van der Waals surface area contributed by atoms with Crippen LogP contribution in [0.5, 0.6) is 0 Å². The lowest BCUT2D eigenvalue weighted by Gasteiger charge is -2.23. The smallest absolute Gasteiger partial charge is 0.253 e. The molecule has 5 nitrogen and oxygen atoms in total. The fourth-order valence-corrected chi connectivity index (χ4v) is 1.88. The quantitative estimate of drug-likeness (QED) is 0.797. The van der Waals surface area contributed by atoms with Gasteiger partial charge in [0.1, 0.15) is 0 Å². The monoisotopic (exact) mass is 235 g/mol. The topological polar surface area (TPSA) is 77.2 Å². The molecule has 0 aliphatic carbocycles. The van der Waals surface area contributed by atoms with Gasteiger partial charge < -0.3 is 15.8 Å². The van der Waals surface area contributed by atoms with Gasteiger partial charge in [-0.3, -0.25) is 9.78 Å². The Morgan fingerprint density at radius 3 is 2.94 bits per heavy atom. The summed E-state index contributed by atoms with van der Waals surface area (Å²) in [4.78, 5) is 16.1. The number of pyridine rings is 1. The summed E-state index contributed by atoms with van der Waals surface area (Å²) in [6.45, 7) is 3.22. The molecule has 1 aromatic heterocycles. The molecule has 5 heteroatoms. The first-order valence-corrected chi connectivity index (χ1v) is 5.77. The highest BCUT2D eigenvalue weighted by atomic mass is 16.5. The highest BCUT2D eigenvalue weighted by Crippen LogP contribution is 2.12. The molecule has 2 rings (SSSR count). The number of carbonyl (C=O) groups is 1. The van der Waals surface area contributed by atoms with Crippen LogP contribution in [-0.2, 0) is 4.74 Å². The van der Waals surface area contributed by atoms with E-state index >= 15 is 0 Å². The second-order valence-corrected chi connectivity index (χ2v) is 4.26. The van der Waals surface area contributed by atoms with Crippen molar-refractivity contribution in [3.8, 4) is 0 Å². The van der Waals surface area contributed by atoms with Gasteiger partial charge in [-0.05, 0) is 25.8 Å². The molecule has 92 valence electrons. The van der Waals surface area contributed by atoms with Gasteiger partial charge in [0.05, 0.1) is 23.1 Å². The van der Waals surface area contributed by atoms with Crippen molar-refractivity contribution in [2.45, 2.75) is 25.8 Å². The molecule has 2 heterocycles. The van der Waals surface area contributed by atoms with Crippen molar-refractivity contribution in [1.82, 2.24) is 10.3 Å². The van der Waals surface area contributed by atoms with Gasteiger partial charge in [-0.1, -0.05) is 0 Å². The number of carbonyl (C=O) groups excluding carboxylic acids is 1. The molecule has 1 aliphatic heterocycles. The van der Waals surface area contributed by atoms with Crippen molar-refractivity contribution < 1.29 is 9.53 Å². The van der Waals surface area contributed by atoms with Crippen molar-refractivity contribution in [3.63, 3.8) is 0 Å². The maximum Gasteiger partial charge on any atom is 0.253 e. The van der Waals surface area contributed by atoms with Crippen LogP contribution in [0.4, 0.5) is 5.69 Å². The minimum absolute atomic E-state index is 0.103. The lowest BCUT2D eigenvalue weighted by molar-refractivity contribution is 0.0696. The van der Waals surface area contributed by atoms with Crippen LogP contribution in [0.2, 0.25) is 0 Å². The van der Waals surface area contributed by atoms with E-state index in [4.69, 9.17) is 10.5 Å². The van der Waals surface area contributed by atoms with Gasteiger partial charge in [-0.15, -0.1) is 0 Å². The van der Waals surface area contributed by atoms with Crippen molar-refractivity contribution in [1.29, 1.82) is 0 Å². The highest BCUT2D eigenvalue weighted by molar-refractivity contribution is 5.96. The van der Waals surface area contributed by atoms with Crippen molar-refractivity contribution in [2.24, 2.45) is 0 Å². The van der Waals surface area contributed by atoms with E-state index in [1.165, 1.54) is 0 Å². The Labute approximate surface area is 100 Å². The summed E-state index contributed by atoms with van der Waals surface area (Å²) in [5.74, 6) is -0.103. The third kappa shape index (κ3) is 2.94. The molecule has 0 radical (unpaired) electrons. The lowest BCUT2D eigenvalue weighted by Crippen LogP contribution is -2.39. The van der Waals surface area contributed by atoms with Crippen LogP contribution in [0.15, 0.2) is 12.3 Å². The molecule has 3 N–H and O–H groups in total. The van der Waals surface area contributed by atoms with Crippen LogP contribution in [-0.4, -0.2) is 30.1 Å². The summed E-state index contributed by atoms with van der Waals surface area (Å²) >= 11 is 0. The maximum absolute atomic E-state index is 12.0. The van der Waals surface area contributed by atoms with E-state index in [0.29, 0.717) is 30.2 Å². The number of ether oxygens (including phenoxy) is 1. The summed E-state index contributed by atoms with van der Waals surface area (Å²) in [5.41, 5.74) is 7.39. The van der Waals surface area contributed by atoms with Crippen molar-refractivity contribution >= 4 is 11.6 Å². The second kappa shape index (κ2) is 5.14. The lowest BCUT2D eigenvalue weighted by atomic mass is 10.1. The molecule has 0 saturated carbocycles. The first-order chi connectivity index (χ1) is 8.16. The summed E-state index contributed by atoms with van der Waals surface area (Å²) < 4.78 is 5.25. The molecule has 17 heavy (non-hydrogen) atoms. The molecule has 1 aliphatic rings. The number of rotatable bonds is 2. The number of nitrogens with two attached hydrogens (primary N) is 1. The number of nitrogens with zero attached hydrogens (tertiary/aromatic N) is 1. The van der Waals surface area contributed by atoms with Gasteiger partial charge in [0.25, 0.3) is 5.91 Å². The minimum Gasteiger partial charge on any atom is -0.397 e. The Kier molecular flexibility index (Phi) is 3.58. The summed E-state index contributed by atoms with van der Waals surface area (Å²) in [5, 5.41) is 2.99. The number of amides is 1. The molecule has 0 bridgehead atoms. The average molecular weight is 235 g/mol. The molecular weight excluding hydrogens is 218 g/mol. The third-order valence-electron chi connectivity index (χ3n) is 2.91. The van der Waals surface area contributed by atoms with Gasteiger partial charge in [-0.2, -0.15) is 0 Å². The van der Waals surface area contributed by atoms with E-state index in [2.05, 4.69) is 10.3 Å². The summed E-state index contributed by atoms with van der Waals surface area (Å²) in [6, 6.07) is 1.86. The molecule has 1 fully saturated rings. The highest BCUT2D eigenvalue weighted by Gasteiger charge is 2.18. The number of nitrogens with one attached hydrogen (secondary N) is 1. The molecule has 0 unspecified atom stereocenters. The van der Waals surface area contributed by atoms with Crippen LogP contribution >= 0.6 is 0 Å². The molecule has 0 aromatic carbocycles. The van der Waals surface area contributed by atoms with E-state index in [1.54, 1.807) is 19.2 Å². The van der Waals surface area contributed by atoms with Gasteiger partial charge in [0, 0.05) is 19.3 Å². The van der Waals surface area contributed by atoms with Crippen LogP contribution in [0.1, 0.15) is 28.9 Å². The molecule has 1 saturated heterocycles. The van der Waals surface area contributed by atoms with Crippen LogP contribution in [0.3, 0.4) is 0 Å². The number of hydrogen-bond acceptors (Lipinski definition) is 4. The normalized spacial score (nSPS) is 16.8. The average Bonchev–Trinajstić information content (AvgIpc) is 2.33. The fourth-order valence-electron chi connectivity index (χ4n) is 1.88. The van der Waals surface area contributed by atoms with E-state index in [1.807, 2.05) is 0 Å². The van der Waals surface area contributed by atoms with Crippen LogP contribution < -0.4 is 11.1 Å². The molecule has 1 aromatic rings. The second-order valence-electron chi connectivity index (χ2n) is 4.26. The molecule has 0 atom stereocenters. The van der Waals surface area contributed by atoms with Gasteiger partial charge in [0.2, 0.25) is 0 Å². The number of anilines is 1. The Morgan fingerprint density at radius 2 is 2.24 bits per heavy atom. The van der Waals surface area contributed by atoms with E-state index in [-0.39, 0.29) is 11.9 Å². The Balaban J connectivity index is 2.05. The van der Waals surface area contributed by atoms with Crippen molar-refractivity contribution in [3.05, 3.63) is 23.5 Å². The number of aromatic nitrogens is 1. The van der Waals surface area contributed by atoms with E-state index in [9.17, 15) is 4.79 Å². The number of hydrogen-bond donors (Lipinski definition) is 2. The fraction of sp³-hybridized carbons (Fsp3) is 0.500. The van der Waals surface area contributed by atoms with Gasteiger partial charge in [0.15, 0.2) is 0 Å². The first-order valence-electron chi connectivity index (χ1n) is 5.77. The third-order valence-corrected chi connectivity index (χ3v) is 2.91. The summed E-state index contributed by atoms with van der Waals surface area (Å²) in [7, 11) is 0. The minimum atomic E-state index is -0.103. The largest absolute Gasteiger partial charge is 0.397 e. The van der Waals surface area contributed by atoms with Crippen molar-refractivity contribution in [2.75, 3.05) is 18.9 Å². The standard InChI is InChI=1S/C12H17N3O2/c1-8-11(6-9(13)7-14-8)12(16)15-10-2-4-17-5-3-10/h6-7,10H,2-5,13H2,1H3,(H,15,16). The van der Waals surface area contributed by atoms with Gasteiger partial charge in [-0.25, -0.2) is 0 Å². The molecule has 1 amide bonds. The maximum atomic E-state index is 12.0. The van der Waals surface area contributed by atoms with Gasteiger partial charge >= 0.3 is 0 Å². The zero-order valence-electron chi connectivity index (χ0n) is 9.90. The Bertz CT molecular complexity index is 414. The zero-order valence-corrected chi connectivity index (χ0v) is 9.90.